The quantitative estimate of drug-likeness (QED) is 0.113. The molecule has 0 fully saturated rings. The molecule has 0 atom stereocenters. The zero-order valence-electron chi connectivity index (χ0n) is 15.7. The fraction of sp³-hybridized carbons (Fsp3) is 0. The molecule has 158 valence electrons. The highest BCUT2D eigenvalue weighted by atomic mass is 32.2. The van der Waals surface area contributed by atoms with E-state index in [4.69, 9.17) is 0 Å². The molecule has 31 heavy (non-hydrogen) atoms. The van der Waals surface area contributed by atoms with Gasteiger partial charge in [-0.15, -0.1) is 10.2 Å². The summed E-state index contributed by atoms with van der Waals surface area (Å²) in [4.78, 5) is 10.9. The Labute approximate surface area is 177 Å². The number of anilines is 1. The van der Waals surface area contributed by atoms with E-state index in [1.807, 2.05) is 0 Å². The minimum absolute atomic E-state index is 0.0254. The lowest BCUT2D eigenvalue weighted by Gasteiger charge is -2.07. The number of benzene rings is 3. The molecule has 0 aliphatic carbocycles. The van der Waals surface area contributed by atoms with Crippen molar-refractivity contribution in [2.75, 3.05) is 5.43 Å². The van der Waals surface area contributed by atoms with Crippen molar-refractivity contribution in [3.63, 3.8) is 0 Å². The number of carboxylic acids is 1. The highest BCUT2D eigenvalue weighted by Gasteiger charge is 2.13. The molecule has 0 aliphatic rings. The van der Waals surface area contributed by atoms with Gasteiger partial charge in [-0.05, 0) is 30.3 Å². The van der Waals surface area contributed by atoms with Crippen LogP contribution in [0.1, 0.15) is 15.9 Å². The van der Waals surface area contributed by atoms with Gasteiger partial charge in [0.1, 0.15) is 11.4 Å². The molecule has 0 saturated heterocycles. The molecule has 3 aromatic rings. The summed E-state index contributed by atoms with van der Waals surface area (Å²) >= 11 is 0. The van der Waals surface area contributed by atoms with Gasteiger partial charge in [-0.3, -0.25) is 9.98 Å². The maximum atomic E-state index is 11.4. The van der Waals surface area contributed by atoms with Crippen LogP contribution in [0.25, 0.3) is 0 Å². The Morgan fingerprint density at radius 3 is 2.29 bits per heavy atom. The zero-order valence-corrected chi connectivity index (χ0v) is 16.6. The van der Waals surface area contributed by atoms with E-state index in [1.54, 1.807) is 42.5 Å². The van der Waals surface area contributed by atoms with Crippen LogP contribution in [-0.2, 0) is 10.1 Å². The summed E-state index contributed by atoms with van der Waals surface area (Å²) < 4.78 is 31.8. The number of hydrazone groups is 1. The van der Waals surface area contributed by atoms with Crippen LogP contribution in [0.2, 0.25) is 0 Å². The molecule has 0 saturated carbocycles. The Kier molecular flexibility index (Phi) is 6.38. The summed E-state index contributed by atoms with van der Waals surface area (Å²) in [7, 11) is -4.49. The van der Waals surface area contributed by atoms with Gasteiger partial charge in [-0.1, -0.05) is 42.5 Å². The Bertz CT molecular complexity index is 1270. The van der Waals surface area contributed by atoms with Gasteiger partial charge in [0.05, 0.1) is 16.1 Å². The van der Waals surface area contributed by atoms with E-state index >= 15 is 0 Å². The van der Waals surface area contributed by atoms with Crippen molar-refractivity contribution < 1.29 is 28.0 Å². The number of rotatable bonds is 6. The van der Waals surface area contributed by atoms with Gasteiger partial charge < -0.3 is 10.2 Å². The smallest absolute Gasteiger partial charge is 0.337 e. The Morgan fingerprint density at radius 1 is 0.935 bits per heavy atom. The van der Waals surface area contributed by atoms with Crippen molar-refractivity contribution in [3.05, 3.63) is 83.9 Å². The van der Waals surface area contributed by atoms with Gasteiger partial charge in [-0.25, -0.2) is 4.79 Å². The second-order valence-electron chi connectivity index (χ2n) is 6.09. The molecular weight excluding hydrogens is 424 g/mol. The number of nitrogens with one attached hydrogen (secondary N) is 1. The van der Waals surface area contributed by atoms with E-state index in [1.165, 1.54) is 12.1 Å². The average molecular weight is 440 g/mol. The lowest BCUT2D eigenvalue weighted by molar-refractivity contribution is 0.0697. The van der Waals surface area contributed by atoms with E-state index in [0.717, 1.165) is 18.2 Å². The van der Waals surface area contributed by atoms with Crippen molar-refractivity contribution in [1.29, 1.82) is 0 Å². The topological polar surface area (TPSA) is 161 Å². The molecule has 0 unspecified atom stereocenters. The molecule has 3 rings (SSSR count). The standard InChI is InChI=1S/C20H16N4O6S/c25-18-11-10-14(31(28,29)30)12-17(18)22-24-19(13-6-2-1-3-7-13)23-21-16-9-5-4-8-15(16)20(26)27/h1-12,22,25H,(H,26,27)(H,28,29,30). The van der Waals surface area contributed by atoms with Crippen LogP contribution in [0.4, 0.5) is 11.4 Å². The lowest BCUT2D eigenvalue weighted by atomic mass is 10.2. The van der Waals surface area contributed by atoms with Gasteiger partial charge >= 0.3 is 5.97 Å². The first kappa shape index (κ1) is 21.6. The number of hydrogen-bond donors (Lipinski definition) is 4. The van der Waals surface area contributed by atoms with E-state index in [2.05, 4.69) is 20.8 Å². The molecule has 0 aliphatic heterocycles. The maximum Gasteiger partial charge on any atom is 0.337 e. The van der Waals surface area contributed by atoms with Crippen molar-refractivity contribution >= 4 is 33.3 Å². The number of aromatic hydroxyl groups is 1. The van der Waals surface area contributed by atoms with Crippen LogP contribution in [0.5, 0.6) is 5.75 Å². The summed E-state index contributed by atoms with van der Waals surface area (Å²) in [5, 5.41) is 31.3. The lowest BCUT2D eigenvalue weighted by Crippen LogP contribution is -2.03. The number of hydrogen-bond acceptors (Lipinski definition) is 7. The molecule has 10 nitrogen and oxygen atoms in total. The third kappa shape index (κ3) is 5.50. The fourth-order valence-corrected chi connectivity index (χ4v) is 2.96. The van der Waals surface area contributed by atoms with Crippen LogP contribution in [0.15, 0.2) is 93.0 Å². The summed E-state index contributed by atoms with van der Waals surface area (Å²) in [5.41, 5.74) is 2.95. The maximum absolute atomic E-state index is 11.4. The summed E-state index contributed by atoms with van der Waals surface area (Å²) in [6.07, 6.45) is 0. The molecule has 0 aromatic heterocycles. The monoisotopic (exact) mass is 440 g/mol. The first-order valence-electron chi connectivity index (χ1n) is 8.69. The molecule has 0 amide bonds. The third-order valence-corrected chi connectivity index (χ3v) is 4.82. The largest absolute Gasteiger partial charge is 0.506 e. The molecule has 0 heterocycles. The van der Waals surface area contributed by atoms with Crippen LogP contribution >= 0.6 is 0 Å². The summed E-state index contributed by atoms with van der Waals surface area (Å²) in [6, 6.07) is 17.7. The molecule has 0 spiro atoms. The van der Waals surface area contributed by atoms with Gasteiger partial charge in [0.15, 0.2) is 0 Å². The number of carbonyl (C=O) groups is 1. The molecule has 3 aromatic carbocycles. The first-order chi connectivity index (χ1) is 14.8. The van der Waals surface area contributed by atoms with E-state index in [0.29, 0.717) is 5.56 Å². The van der Waals surface area contributed by atoms with Crippen LogP contribution in [-0.4, -0.2) is 35.0 Å². The molecule has 0 radical (unpaired) electrons. The van der Waals surface area contributed by atoms with Crippen molar-refractivity contribution in [1.82, 2.24) is 0 Å². The number of phenols is 1. The predicted octanol–water partition coefficient (Wildman–Crippen LogP) is 3.89. The number of amidine groups is 1. The minimum Gasteiger partial charge on any atom is -0.506 e. The Balaban J connectivity index is 2.00. The molecular formula is C20H16N4O6S. The van der Waals surface area contributed by atoms with Crippen LogP contribution < -0.4 is 5.43 Å². The van der Waals surface area contributed by atoms with Crippen LogP contribution in [0, 0.1) is 0 Å². The highest BCUT2D eigenvalue weighted by molar-refractivity contribution is 7.85. The molecule has 0 bridgehead atoms. The SMILES string of the molecule is O=C(O)c1ccccc1N=NC(=NNc1cc(S(=O)(=O)O)ccc1O)c1ccccc1. The zero-order chi connectivity index (χ0) is 22.4. The number of carboxylic acid groups (broad SMARTS) is 1. The first-order valence-corrected chi connectivity index (χ1v) is 10.1. The van der Waals surface area contributed by atoms with E-state index in [9.17, 15) is 28.0 Å². The highest BCUT2D eigenvalue weighted by Crippen LogP contribution is 2.26. The molecule has 11 heteroatoms. The van der Waals surface area contributed by atoms with Crippen molar-refractivity contribution in [3.8, 4) is 5.75 Å². The predicted molar refractivity (Wildman–Crippen MR) is 112 cm³/mol. The number of nitrogens with zero attached hydrogens (tertiary/aromatic N) is 3. The second-order valence-corrected chi connectivity index (χ2v) is 7.51. The number of azo groups is 1. The van der Waals surface area contributed by atoms with Crippen molar-refractivity contribution in [2.24, 2.45) is 15.3 Å². The van der Waals surface area contributed by atoms with Gasteiger partial charge in [0, 0.05) is 5.56 Å². The minimum atomic E-state index is -4.49. The van der Waals surface area contributed by atoms with E-state index < -0.39 is 21.0 Å². The van der Waals surface area contributed by atoms with Crippen molar-refractivity contribution in [2.45, 2.75) is 4.90 Å². The van der Waals surface area contributed by atoms with Gasteiger partial charge in [-0.2, -0.15) is 13.5 Å². The number of aromatic carboxylic acids is 1. The fourth-order valence-electron chi connectivity index (χ4n) is 2.45. The summed E-state index contributed by atoms with van der Waals surface area (Å²) in [5.74, 6) is -1.47. The third-order valence-electron chi connectivity index (χ3n) is 3.97. The van der Waals surface area contributed by atoms with Crippen LogP contribution in [0.3, 0.4) is 0 Å². The Hall–Kier alpha value is -4.09. The second kappa shape index (κ2) is 9.15. The summed E-state index contributed by atoms with van der Waals surface area (Å²) in [6.45, 7) is 0. The number of phenolic OH excluding ortho intramolecular Hbond substituents is 1. The van der Waals surface area contributed by atoms with E-state index in [-0.39, 0.29) is 28.5 Å². The van der Waals surface area contributed by atoms with Gasteiger partial charge in [0.25, 0.3) is 10.1 Å². The molecule has 4 N–H and O–H groups in total. The Morgan fingerprint density at radius 2 is 1.61 bits per heavy atom. The average Bonchev–Trinajstić information content (AvgIpc) is 2.75. The normalized spacial score (nSPS) is 12.1. The van der Waals surface area contributed by atoms with Gasteiger partial charge in [0.2, 0.25) is 5.84 Å².